The van der Waals surface area contributed by atoms with Crippen LogP contribution in [-0.4, -0.2) is 26.0 Å². The molecule has 0 amide bonds. The largest absolute Gasteiger partial charge is 0.342 e. The summed E-state index contributed by atoms with van der Waals surface area (Å²) in [4.78, 5) is 11.1. The Morgan fingerprint density at radius 1 is 1.26 bits per heavy atom. The highest BCUT2D eigenvalue weighted by molar-refractivity contribution is 7.09. The molecule has 0 saturated carbocycles. The first-order chi connectivity index (χ1) is 9.15. The molecule has 0 unspecified atom stereocenters. The number of aromatic nitrogens is 4. The number of hydrogen-bond acceptors (Lipinski definition) is 5. The second kappa shape index (κ2) is 4.62. The summed E-state index contributed by atoms with van der Waals surface area (Å²) in [6, 6.07) is 8.16. The van der Waals surface area contributed by atoms with Crippen LogP contribution < -0.4 is 4.90 Å². The fourth-order valence-electron chi connectivity index (χ4n) is 2.06. The maximum atomic E-state index is 4.66. The molecule has 1 aromatic carbocycles. The molecule has 0 bridgehead atoms. The second-order valence-corrected chi connectivity index (χ2v) is 5.29. The summed E-state index contributed by atoms with van der Waals surface area (Å²) < 4.78 is 6.33. The average molecular weight is 273 g/mol. The highest BCUT2D eigenvalue weighted by Crippen LogP contribution is 2.19. The lowest BCUT2D eigenvalue weighted by molar-refractivity contribution is 0.773. The molecule has 0 aliphatic heterocycles. The fourth-order valence-corrected chi connectivity index (χ4v) is 2.69. The number of benzene rings is 1. The summed E-state index contributed by atoms with van der Waals surface area (Å²) in [6.07, 6.45) is 0. The van der Waals surface area contributed by atoms with Gasteiger partial charge in [0.05, 0.1) is 17.6 Å². The zero-order valence-corrected chi connectivity index (χ0v) is 12.0. The molecule has 0 N–H and O–H groups in total. The molecule has 0 spiro atoms. The third-order valence-corrected chi connectivity index (χ3v) is 4.02. The van der Waals surface area contributed by atoms with E-state index in [0.29, 0.717) is 0 Å². The first-order valence-electron chi connectivity index (χ1n) is 6.07. The highest BCUT2D eigenvalue weighted by Gasteiger charge is 2.12. The Morgan fingerprint density at radius 2 is 2.05 bits per heavy atom. The van der Waals surface area contributed by atoms with E-state index in [9.17, 15) is 0 Å². The number of rotatable bonds is 3. The number of aryl methyl sites for hydroxylation is 2. The molecule has 0 aliphatic carbocycles. The minimum Gasteiger partial charge on any atom is -0.342 e. The first kappa shape index (κ1) is 12.1. The van der Waals surface area contributed by atoms with Crippen LogP contribution in [0.15, 0.2) is 24.3 Å². The Morgan fingerprint density at radius 3 is 2.74 bits per heavy atom. The van der Waals surface area contributed by atoms with Crippen LogP contribution in [0.2, 0.25) is 0 Å². The van der Waals surface area contributed by atoms with Crippen LogP contribution in [0.5, 0.6) is 0 Å². The van der Waals surface area contributed by atoms with Gasteiger partial charge in [-0.2, -0.15) is 4.37 Å². The van der Waals surface area contributed by atoms with Gasteiger partial charge in [-0.15, -0.1) is 0 Å². The molecule has 2 heterocycles. The monoisotopic (exact) mass is 273 g/mol. The van der Waals surface area contributed by atoms with Crippen molar-refractivity contribution in [3.05, 3.63) is 35.9 Å². The van der Waals surface area contributed by atoms with Gasteiger partial charge in [0, 0.05) is 25.6 Å². The maximum Gasteiger partial charge on any atom is 0.205 e. The molecule has 0 saturated heterocycles. The lowest BCUT2D eigenvalue weighted by Gasteiger charge is -2.14. The van der Waals surface area contributed by atoms with Crippen LogP contribution in [0.3, 0.4) is 0 Å². The van der Waals surface area contributed by atoms with Gasteiger partial charge >= 0.3 is 0 Å². The summed E-state index contributed by atoms with van der Waals surface area (Å²) in [6.45, 7) is 2.63. The predicted molar refractivity (Wildman–Crippen MR) is 77.5 cm³/mol. The molecule has 19 heavy (non-hydrogen) atoms. The average Bonchev–Trinajstić information content (AvgIpc) is 2.96. The van der Waals surface area contributed by atoms with Gasteiger partial charge in [0.25, 0.3) is 0 Å². The number of nitrogens with zero attached hydrogens (tertiary/aromatic N) is 5. The minimum absolute atomic E-state index is 0.722. The summed E-state index contributed by atoms with van der Waals surface area (Å²) in [7, 11) is 4.06. The molecule has 0 aliphatic rings. The Kier molecular flexibility index (Phi) is 2.94. The molecular formula is C13H15N5S. The zero-order valence-electron chi connectivity index (χ0n) is 11.2. The van der Waals surface area contributed by atoms with E-state index in [4.69, 9.17) is 0 Å². The van der Waals surface area contributed by atoms with E-state index in [2.05, 4.69) is 29.9 Å². The Hall–Kier alpha value is -1.95. The lowest BCUT2D eigenvalue weighted by atomic mass is 10.3. The van der Waals surface area contributed by atoms with Gasteiger partial charge in [0.2, 0.25) is 5.13 Å². The molecule has 0 fully saturated rings. The summed E-state index contributed by atoms with van der Waals surface area (Å²) >= 11 is 1.42. The SMILES string of the molecule is Cc1nsc(N(C)Cc2nc3ccccc3n2C)n1. The van der Waals surface area contributed by atoms with Crippen molar-refractivity contribution in [2.45, 2.75) is 13.5 Å². The van der Waals surface area contributed by atoms with Crippen LogP contribution >= 0.6 is 11.5 Å². The van der Waals surface area contributed by atoms with Crippen molar-refractivity contribution >= 4 is 27.7 Å². The Labute approximate surface area is 115 Å². The van der Waals surface area contributed by atoms with Gasteiger partial charge in [-0.05, 0) is 19.1 Å². The molecule has 0 radical (unpaired) electrons. The molecule has 0 atom stereocenters. The second-order valence-electron chi connectivity index (χ2n) is 4.56. The van der Waals surface area contributed by atoms with Crippen molar-refractivity contribution in [2.24, 2.45) is 7.05 Å². The van der Waals surface area contributed by atoms with Gasteiger partial charge < -0.3 is 9.47 Å². The normalized spacial score (nSPS) is 11.1. The van der Waals surface area contributed by atoms with Crippen molar-refractivity contribution in [3.63, 3.8) is 0 Å². The van der Waals surface area contributed by atoms with E-state index < -0.39 is 0 Å². The van der Waals surface area contributed by atoms with E-state index >= 15 is 0 Å². The third kappa shape index (κ3) is 2.19. The summed E-state index contributed by atoms with van der Waals surface area (Å²) in [5.74, 6) is 1.84. The maximum absolute atomic E-state index is 4.66. The topological polar surface area (TPSA) is 46.8 Å². The van der Waals surface area contributed by atoms with E-state index in [1.54, 1.807) is 0 Å². The first-order valence-corrected chi connectivity index (χ1v) is 6.84. The molecule has 3 aromatic rings. The van der Waals surface area contributed by atoms with Crippen LogP contribution in [0.4, 0.5) is 5.13 Å². The highest BCUT2D eigenvalue weighted by atomic mass is 32.1. The van der Waals surface area contributed by atoms with E-state index in [1.165, 1.54) is 11.5 Å². The van der Waals surface area contributed by atoms with Gasteiger partial charge in [-0.25, -0.2) is 9.97 Å². The van der Waals surface area contributed by atoms with E-state index in [0.717, 1.165) is 34.4 Å². The van der Waals surface area contributed by atoms with Crippen molar-refractivity contribution < 1.29 is 0 Å². The summed E-state index contributed by atoms with van der Waals surface area (Å²) in [5.41, 5.74) is 2.18. The van der Waals surface area contributed by atoms with Crippen molar-refractivity contribution in [1.82, 2.24) is 18.9 Å². The van der Waals surface area contributed by atoms with Crippen LogP contribution in [0.25, 0.3) is 11.0 Å². The molecule has 98 valence electrons. The lowest BCUT2D eigenvalue weighted by Crippen LogP contribution is -2.18. The van der Waals surface area contributed by atoms with Crippen molar-refractivity contribution in [1.29, 1.82) is 0 Å². The standard InChI is InChI=1S/C13H15N5S/c1-9-14-13(19-16-9)17(2)8-12-15-10-6-4-5-7-11(10)18(12)3/h4-7H,8H2,1-3H3. The minimum atomic E-state index is 0.722. The molecule has 5 nitrogen and oxygen atoms in total. The van der Waals surface area contributed by atoms with Gasteiger partial charge in [0.1, 0.15) is 11.6 Å². The molecule has 3 rings (SSSR count). The quantitative estimate of drug-likeness (QED) is 0.735. The number of anilines is 1. The smallest absolute Gasteiger partial charge is 0.205 e. The van der Waals surface area contributed by atoms with Crippen molar-refractivity contribution in [3.8, 4) is 0 Å². The molecule has 2 aromatic heterocycles. The number of para-hydroxylation sites is 2. The number of imidazole rings is 1. The van der Waals surface area contributed by atoms with Gasteiger partial charge in [0.15, 0.2) is 0 Å². The van der Waals surface area contributed by atoms with Crippen molar-refractivity contribution in [2.75, 3.05) is 11.9 Å². The fraction of sp³-hybridized carbons (Fsp3) is 0.308. The van der Waals surface area contributed by atoms with E-state index in [1.807, 2.05) is 39.2 Å². The van der Waals surface area contributed by atoms with Crippen LogP contribution in [0, 0.1) is 6.92 Å². The zero-order chi connectivity index (χ0) is 13.4. The predicted octanol–water partition coefficient (Wildman–Crippen LogP) is 2.37. The van der Waals surface area contributed by atoms with Crippen LogP contribution in [-0.2, 0) is 13.6 Å². The molecule has 6 heteroatoms. The Bertz CT molecular complexity index is 715. The molecular weight excluding hydrogens is 258 g/mol. The number of fused-ring (bicyclic) bond motifs is 1. The van der Waals surface area contributed by atoms with Gasteiger partial charge in [-0.3, -0.25) is 0 Å². The Balaban J connectivity index is 1.91. The summed E-state index contributed by atoms with van der Waals surface area (Å²) in [5, 5.41) is 0.921. The van der Waals surface area contributed by atoms with Crippen LogP contribution in [0.1, 0.15) is 11.6 Å². The third-order valence-electron chi connectivity index (χ3n) is 3.10. The number of hydrogen-bond donors (Lipinski definition) is 0. The van der Waals surface area contributed by atoms with Gasteiger partial charge in [-0.1, -0.05) is 12.1 Å². The van der Waals surface area contributed by atoms with E-state index in [-0.39, 0.29) is 0 Å².